The highest BCUT2D eigenvalue weighted by molar-refractivity contribution is 9.10. The van der Waals surface area contributed by atoms with Gasteiger partial charge in [0.05, 0.1) is 22.4 Å². The van der Waals surface area contributed by atoms with Crippen LogP contribution in [0.15, 0.2) is 22.9 Å². The lowest BCUT2D eigenvalue weighted by molar-refractivity contribution is -0.0694. The van der Waals surface area contributed by atoms with Gasteiger partial charge in [-0.3, -0.25) is 4.98 Å². The maximum absolute atomic E-state index is 12.2. The Morgan fingerprint density at radius 2 is 2.00 bits per heavy atom. The molecule has 2 fully saturated rings. The Kier molecular flexibility index (Phi) is 4.75. The smallest absolute Gasteiger partial charge is 0.321 e. The van der Waals surface area contributed by atoms with Crippen molar-refractivity contribution in [2.24, 2.45) is 0 Å². The van der Waals surface area contributed by atoms with Gasteiger partial charge in [0.2, 0.25) is 0 Å². The van der Waals surface area contributed by atoms with Gasteiger partial charge in [-0.25, -0.2) is 4.79 Å². The number of halogens is 1. The molecule has 1 saturated carbocycles. The van der Waals surface area contributed by atoms with Crippen LogP contribution >= 0.6 is 15.9 Å². The molecular formula is C15H20BrN3O2. The predicted molar refractivity (Wildman–Crippen MR) is 84.3 cm³/mol. The van der Waals surface area contributed by atoms with Gasteiger partial charge in [0.15, 0.2) is 0 Å². The molecule has 1 saturated heterocycles. The second-order valence-corrected chi connectivity index (χ2v) is 6.52. The van der Waals surface area contributed by atoms with Crippen LogP contribution in [-0.4, -0.2) is 41.2 Å². The highest BCUT2D eigenvalue weighted by Gasteiger charge is 2.27. The van der Waals surface area contributed by atoms with Crippen molar-refractivity contribution in [1.82, 2.24) is 9.88 Å². The van der Waals surface area contributed by atoms with Gasteiger partial charge in [-0.05, 0) is 54.1 Å². The number of rotatable bonds is 3. The molecule has 1 aromatic heterocycles. The number of likely N-dealkylation sites (tertiary alicyclic amines) is 1. The number of carbonyl (C=O) groups is 1. The third kappa shape index (κ3) is 3.74. The van der Waals surface area contributed by atoms with Crippen molar-refractivity contribution in [2.75, 3.05) is 18.4 Å². The number of aromatic nitrogens is 1. The normalized spacial score (nSPS) is 20.1. The molecular weight excluding hydrogens is 334 g/mol. The number of anilines is 1. The van der Waals surface area contributed by atoms with Gasteiger partial charge in [0.1, 0.15) is 0 Å². The number of piperidine rings is 1. The zero-order valence-electron chi connectivity index (χ0n) is 11.9. The Bertz CT molecular complexity index is 499. The summed E-state index contributed by atoms with van der Waals surface area (Å²) < 4.78 is 6.81. The number of pyridine rings is 1. The molecule has 0 aromatic carbocycles. The molecule has 0 unspecified atom stereocenters. The highest BCUT2D eigenvalue weighted by Crippen LogP contribution is 2.27. The molecule has 0 spiro atoms. The number of nitrogens with one attached hydrogen (secondary N) is 1. The second kappa shape index (κ2) is 6.75. The van der Waals surface area contributed by atoms with Crippen LogP contribution in [0.1, 0.15) is 32.1 Å². The summed E-state index contributed by atoms with van der Waals surface area (Å²) in [5.74, 6) is 0. The molecule has 2 aliphatic rings. The molecule has 1 aromatic rings. The Balaban J connectivity index is 1.47. The number of hydrogen-bond donors (Lipinski definition) is 1. The van der Waals surface area contributed by atoms with E-state index in [1.54, 1.807) is 18.5 Å². The molecule has 1 N–H and O–H groups in total. The molecule has 21 heavy (non-hydrogen) atoms. The van der Waals surface area contributed by atoms with E-state index in [1.807, 2.05) is 4.90 Å². The minimum atomic E-state index is -0.0519. The molecule has 0 atom stereocenters. The molecule has 1 aliphatic carbocycles. The molecule has 0 bridgehead atoms. The van der Waals surface area contributed by atoms with E-state index in [4.69, 9.17) is 4.74 Å². The zero-order chi connectivity index (χ0) is 14.7. The van der Waals surface area contributed by atoms with Crippen LogP contribution in [0.3, 0.4) is 0 Å². The maximum Gasteiger partial charge on any atom is 0.321 e. The van der Waals surface area contributed by atoms with E-state index in [9.17, 15) is 4.79 Å². The number of amides is 2. The zero-order valence-corrected chi connectivity index (χ0v) is 13.5. The molecule has 114 valence electrons. The summed E-state index contributed by atoms with van der Waals surface area (Å²) in [6.07, 6.45) is 9.71. The number of nitrogens with zero attached hydrogens (tertiary/aromatic N) is 2. The van der Waals surface area contributed by atoms with Crippen LogP contribution in [0.25, 0.3) is 0 Å². The van der Waals surface area contributed by atoms with Crippen LogP contribution in [-0.2, 0) is 4.74 Å². The Labute approximate surface area is 133 Å². The molecule has 2 amide bonds. The summed E-state index contributed by atoms with van der Waals surface area (Å²) in [5.41, 5.74) is 0.753. The summed E-state index contributed by atoms with van der Waals surface area (Å²) in [6.45, 7) is 1.51. The molecule has 2 heterocycles. The van der Waals surface area contributed by atoms with Crippen molar-refractivity contribution in [3.05, 3.63) is 22.9 Å². The lowest BCUT2D eigenvalue weighted by Crippen LogP contribution is -2.44. The first-order chi connectivity index (χ1) is 10.2. The van der Waals surface area contributed by atoms with E-state index in [0.717, 1.165) is 36.1 Å². The lowest BCUT2D eigenvalue weighted by Gasteiger charge is -2.36. The molecule has 0 radical (unpaired) electrons. The van der Waals surface area contributed by atoms with Gasteiger partial charge >= 0.3 is 6.03 Å². The Hall–Kier alpha value is -1.14. The first-order valence-corrected chi connectivity index (χ1v) is 8.32. The van der Waals surface area contributed by atoms with Crippen molar-refractivity contribution in [3.63, 3.8) is 0 Å². The lowest BCUT2D eigenvalue weighted by atomic mass is 9.95. The monoisotopic (exact) mass is 353 g/mol. The standard InChI is InChI=1S/C15H20BrN3O2/c16-13-10-17-7-4-14(13)18-15(20)19-8-5-12(6-9-19)21-11-2-1-3-11/h4,7,10-12H,1-3,5-6,8-9H2,(H,17,18,20). The highest BCUT2D eigenvalue weighted by atomic mass is 79.9. The summed E-state index contributed by atoms with van der Waals surface area (Å²) >= 11 is 3.38. The van der Waals surface area contributed by atoms with Gasteiger partial charge in [-0.1, -0.05) is 0 Å². The van der Waals surface area contributed by atoms with Crippen molar-refractivity contribution in [2.45, 2.75) is 44.3 Å². The minimum absolute atomic E-state index is 0.0519. The van der Waals surface area contributed by atoms with Gasteiger partial charge < -0.3 is 15.0 Å². The van der Waals surface area contributed by atoms with Crippen LogP contribution in [0.4, 0.5) is 10.5 Å². The van der Waals surface area contributed by atoms with Crippen molar-refractivity contribution >= 4 is 27.6 Å². The Morgan fingerprint density at radius 1 is 1.29 bits per heavy atom. The van der Waals surface area contributed by atoms with Gasteiger partial charge in [-0.2, -0.15) is 0 Å². The molecule has 3 rings (SSSR count). The quantitative estimate of drug-likeness (QED) is 0.905. The van der Waals surface area contributed by atoms with Crippen molar-refractivity contribution in [1.29, 1.82) is 0 Å². The molecule has 6 heteroatoms. The Morgan fingerprint density at radius 3 is 2.62 bits per heavy atom. The first-order valence-electron chi connectivity index (χ1n) is 7.53. The fraction of sp³-hybridized carbons (Fsp3) is 0.600. The number of hydrogen-bond acceptors (Lipinski definition) is 3. The average Bonchev–Trinajstić information content (AvgIpc) is 2.46. The van der Waals surface area contributed by atoms with Crippen LogP contribution < -0.4 is 5.32 Å². The van der Waals surface area contributed by atoms with Crippen molar-refractivity contribution < 1.29 is 9.53 Å². The first kappa shape index (κ1) is 14.8. The predicted octanol–water partition coefficient (Wildman–Crippen LogP) is 3.41. The van der Waals surface area contributed by atoms with E-state index < -0.39 is 0 Å². The largest absolute Gasteiger partial charge is 0.375 e. The van der Waals surface area contributed by atoms with E-state index in [0.29, 0.717) is 12.2 Å². The third-order valence-electron chi connectivity index (χ3n) is 4.18. The molecule has 5 nitrogen and oxygen atoms in total. The number of carbonyl (C=O) groups excluding carboxylic acids is 1. The summed E-state index contributed by atoms with van der Waals surface area (Å²) in [5, 5.41) is 2.92. The van der Waals surface area contributed by atoms with Gasteiger partial charge in [0, 0.05) is 25.5 Å². The number of ether oxygens (including phenoxy) is 1. The van der Waals surface area contributed by atoms with Gasteiger partial charge in [-0.15, -0.1) is 0 Å². The average molecular weight is 354 g/mol. The number of urea groups is 1. The summed E-state index contributed by atoms with van der Waals surface area (Å²) in [4.78, 5) is 18.1. The van der Waals surface area contributed by atoms with Crippen LogP contribution in [0.5, 0.6) is 0 Å². The molecule has 1 aliphatic heterocycles. The second-order valence-electron chi connectivity index (χ2n) is 5.66. The van der Waals surface area contributed by atoms with E-state index >= 15 is 0 Å². The summed E-state index contributed by atoms with van der Waals surface area (Å²) in [7, 11) is 0. The fourth-order valence-corrected chi connectivity index (χ4v) is 2.99. The fourth-order valence-electron chi connectivity index (χ4n) is 2.64. The third-order valence-corrected chi connectivity index (χ3v) is 4.81. The minimum Gasteiger partial charge on any atom is -0.375 e. The van der Waals surface area contributed by atoms with E-state index in [1.165, 1.54) is 19.3 Å². The van der Waals surface area contributed by atoms with Crippen molar-refractivity contribution in [3.8, 4) is 0 Å². The van der Waals surface area contributed by atoms with Crippen LogP contribution in [0.2, 0.25) is 0 Å². The van der Waals surface area contributed by atoms with Gasteiger partial charge in [0.25, 0.3) is 0 Å². The summed E-state index contributed by atoms with van der Waals surface area (Å²) in [6, 6.07) is 1.73. The van der Waals surface area contributed by atoms with E-state index in [2.05, 4.69) is 26.2 Å². The SMILES string of the molecule is O=C(Nc1ccncc1Br)N1CCC(OC2CCC2)CC1. The van der Waals surface area contributed by atoms with E-state index in [-0.39, 0.29) is 6.03 Å². The topological polar surface area (TPSA) is 54.5 Å². The van der Waals surface area contributed by atoms with Crippen LogP contribution in [0, 0.1) is 0 Å². The maximum atomic E-state index is 12.2.